The van der Waals surface area contributed by atoms with Crippen LogP contribution >= 0.6 is 0 Å². The van der Waals surface area contributed by atoms with E-state index in [2.05, 4.69) is 5.32 Å². The third-order valence-electron chi connectivity index (χ3n) is 5.57. The first kappa shape index (κ1) is 19.4. The summed E-state index contributed by atoms with van der Waals surface area (Å²) in [5.41, 5.74) is 1.14. The molecule has 0 radical (unpaired) electrons. The predicted molar refractivity (Wildman–Crippen MR) is 103 cm³/mol. The lowest BCUT2D eigenvalue weighted by Crippen LogP contribution is -2.36. The molecule has 26 heavy (non-hydrogen) atoms. The van der Waals surface area contributed by atoms with Gasteiger partial charge in [-0.1, -0.05) is 38.2 Å². The van der Waals surface area contributed by atoms with E-state index in [-0.39, 0.29) is 16.8 Å². The van der Waals surface area contributed by atoms with Gasteiger partial charge in [0.25, 0.3) is 5.91 Å². The zero-order chi connectivity index (χ0) is 18.6. The first-order valence-electron chi connectivity index (χ1n) is 9.90. The number of benzene rings is 1. The molecule has 1 aliphatic carbocycles. The number of nitrogens with one attached hydrogen (secondary N) is 1. The van der Waals surface area contributed by atoms with E-state index in [9.17, 15) is 13.2 Å². The minimum Gasteiger partial charge on any atom is -0.349 e. The first-order valence-corrected chi connectivity index (χ1v) is 11.3. The molecule has 1 saturated heterocycles. The van der Waals surface area contributed by atoms with Crippen LogP contribution in [-0.4, -0.2) is 37.8 Å². The summed E-state index contributed by atoms with van der Waals surface area (Å²) in [5.74, 6) is -0.160. The Morgan fingerprint density at radius 3 is 2.27 bits per heavy atom. The molecule has 0 spiro atoms. The van der Waals surface area contributed by atoms with E-state index in [1.54, 1.807) is 29.4 Å². The third-order valence-corrected chi connectivity index (χ3v) is 7.61. The molecular formula is C20H30N2O3S. The molecule has 1 amide bonds. The van der Waals surface area contributed by atoms with E-state index in [1.807, 2.05) is 0 Å². The van der Waals surface area contributed by atoms with Crippen molar-refractivity contribution in [2.45, 2.75) is 75.6 Å². The minimum atomic E-state index is -3.53. The molecule has 6 heteroatoms. The van der Waals surface area contributed by atoms with Crippen LogP contribution in [0.4, 0.5) is 0 Å². The van der Waals surface area contributed by atoms with Gasteiger partial charge in [-0.2, -0.15) is 4.31 Å². The highest BCUT2D eigenvalue weighted by atomic mass is 32.2. The van der Waals surface area contributed by atoms with Crippen LogP contribution in [0.15, 0.2) is 23.1 Å². The maximum atomic E-state index is 13.0. The summed E-state index contributed by atoms with van der Waals surface area (Å²) in [6.45, 7) is 2.93. The summed E-state index contributed by atoms with van der Waals surface area (Å²) < 4.78 is 27.6. The van der Waals surface area contributed by atoms with Gasteiger partial charge in [0.15, 0.2) is 0 Å². The summed E-state index contributed by atoms with van der Waals surface area (Å²) in [7, 11) is -3.53. The van der Waals surface area contributed by atoms with Crippen LogP contribution in [0.3, 0.4) is 0 Å². The SMILES string of the molecule is Cc1ccc(C(=O)NC2CCCCCC2)cc1S(=O)(=O)N1CCCCC1. The number of nitrogens with zero attached hydrogens (tertiary/aromatic N) is 1. The van der Waals surface area contributed by atoms with E-state index in [1.165, 1.54) is 12.8 Å². The van der Waals surface area contributed by atoms with E-state index < -0.39 is 10.0 Å². The molecule has 1 aromatic rings. The number of piperidine rings is 1. The van der Waals surface area contributed by atoms with Crippen molar-refractivity contribution in [1.82, 2.24) is 9.62 Å². The fourth-order valence-corrected chi connectivity index (χ4v) is 5.72. The van der Waals surface area contributed by atoms with Crippen LogP contribution in [0.1, 0.15) is 73.7 Å². The van der Waals surface area contributed by atoms with Crippen molar-refractivity contribution in [3.8, 4) is 0 Å². The Morgan fingerprint density at radius 1 is 1.00 bits per heavy atom. The molecule has 1 aliphatic heterocycles. The minimum absolute atomic E-state index is 0.160. The van der Waals surface area contributed by atoms with Gasteiger partial charge in [-0.3, -0.25) is 4.79 Å². The quantitative estimate of drug-likeness (QED) is 0.814. The molecular weight excluding hydrogens is 348 g/mol. The second-order valence-corrected chi connectivity index (χ2v) is 9.51. The number of hydrogen-bond donors (Lipinski definition) is 1. The molecule has 2 aliphatic rings. The summed E-state index contributed by atoms with van der Waals surface area (Å²) in [5, 5.41) is 3.11. The standard InChI is InChI=1S/C20H30N2O3S/c1-16-11-12-17(20(23)21-18-9-5-2-3-6-10-18)15-19(16)26(24,25)22-13-7-4-8-14-22/h11-12,15,18H,2-10,13-14H2,1H3,(H,21,23). The Balaban J connectivity index is 1.79. The lowest BCUT2D eigenvalue weighted by Gasteiger charge is -2.26. The Hall–Kier alpha value is -1.40. The van der Waals surface area contributed by atoms with Crippen molar-refractivity contribution in [2.75, 3.05) is 13.1 Å². The van der Waals surface area contributed by atoms with E-state index in [0.29, 0.717) is 24.2 Å². The lowest BCUT2D eigenvalue weighted by molar-refractivity contribution is 0.0933. The molecule has 0 atom stereocenters. The van der Waals surface area contributed by atoms with E-state index >= 15 is 0 Å². The van der Waals surface area contributed by atoms with Crippen molar-refractivity contribution < 1.29 is 13.2 Å². The molecule has 2 fully saturated rings. The van der Waals surface area contributed by atoms with Gasteiger partial charge in [0.1, 0.15) is 0 Å². The Kier molecular flexibility index (Phi) is 6.35. The van der Waals surface area contributed by atoms with Crippen molar-refractivity contribution >= 4 is 15.9 Å². The smallest absolute Gasteiger partial charge is 0.251 e. The zero-order valence-corrected chi connectivity index (χ0v) is 16.5. The topological polar surface area (TPSA) is 66.5 Å². The number of rotatable bonds is 4. The van der Waals surface area contributed by atoms with Crippen molar-refractivity contribution in [3.05, 3.63) is 29.3 Å². The van der Waals surface area contributed by atoms with Crippen molar-refractivity contribution in [1.29, 1.82) is 0 Å². The fraction of sp³-hybridized carbons (Fsp3) is 0.650. The van der Waals surface area contributed by atoms with E-state index in [0.717, 1.165) is 44.9 Å². The summed E-state index contributed by atoms with van der Waals surface area (Å²) in [6, 6.07) is 5.24. The van der Waals surface area contributed by atoms with Crippen LogP contribution < -0.4 is 5.32 Å². The number of aryl methyl sites for hydroxylation is 1. The second-order valence-electron chi connectivity index (χ2n) is 7.61. The third kappa shape index (κ3) is 4.46. The number of amides is 1. The van der Waals surface area contributed by atoms with Crippen LogP contribution in [0.5, 0.6) is 0 Å². The number of carbonyl (C=O) groups excluding carboxylic acids is 1. The van der Waals surface area contributed by atoms with Crippen LogP contribution in [0.2, 0.25) is 0 Å². The Labute approximate surface area is 157 Å². The number of sulfonamides is 1. The van der Waals surface area contributed by atoms with Crippen LogP contribution in [0.25, 0.3) is 0 Å². The monoisotopic (exact) mass is 378 g/mol. The van der Waals surface area contributed by atoms with Gasteiger partial charge in [0.05, 0.1) is 4.90 Å². The molecule has 1 heterocycles. The molecule has 3 rings (SSSR count). The first-order chi connectivity index (χ1) is 12.5. The molecule has 1 aromatic carbocycles. The Bertz CT molecular complexity index is 731. The normalized spacial score (nSPS) is 20.5. The molecule has 0 bridgehead atoms. The highest BCUT2D eigenvalue weighted by Crippen LogP contribution is 2.25. The zero-order valence-electron chi connectivity index (χ0n) is 15.7. The van der Waals surface area contributed by atoms with Gasteiger partial charge in [-0.25, -0.2) is 8.42 Å². The van der Waals surface area contributed by atoms with Gasteiger partial charge in [0, 0.05) is 24.7 Å². The van der Waals surface area contributed by atoms with Gasteiger partial charge < -0.3 is 5.32 Å². The maximum absolute atomic E-state index is 13.0. The maximum Gasteiger partial charge on any atom is 0.251 e. The number of hydrogen-bond acceptors (Lipinski definition) is 3. The van der Waals surface area contributed by atoms with Crippen LogP contribution in [0, 0.1) is 6.92 Å². The second kappa shape index (κ2) is 8.53. The fourth-order valence-electron chi connectivity index (χ4n) is 3.96. The average molecular weight is 379 g/mol. The Morgan fingerprint density at radius 2 is 1.62 bits per heavy atom. The van der Waals surface area contributed by atoms with Gasteiger partial charge >= 0.3 is 0 Å². The molecule has 0 unspecified atom stereocenters. The van der Waals surface area contributed by atoms with Crippen molar-refractivity contribution in [3.63, 3.8) is 0 Å². The molecule has 0 aromatic heterocycles. The lowest BCUT2D eigenvalue weighted by atomic mass is 10.1. The van der Waals surface area contributed by atoms with Gasteiger partial charge in [-0.15, -0.1) is 0 Å². The summed E-state index contributed by atoms with van der Waals surface area (Å²) in [4.78, 5) is 12.9. The van der Waals surface area contributed by atoms with Crippen molar-refractivity contribution in [2.24, 2.45) is 0 Å². The molecule has 144 valence electrons. The van der Waals surface area contributed by atoms with E-state index in [4.69, 9.17) is 0 Å². The van der Waals surface area contributed by atoms with Gasteiger partial charge in [-0.05, 0) is 50.3 Å². The van der Waals surface area contributed by atoms with Crippen LogP contribution in [-0.2, 0) is 10.0 Å². The average Bonchev–Trinajstić information content (AvgIpc) is 2.91. The highest BCUT2D eigenvalue weighted by Gasteiger charge is 2.28. The molecule has 1 N–H and O–H groups in total. The molecule has 1 saturated carbocycles. The summed E-state index contributed by atoms with van der Waals surface area (Å²) >= 11 is 0. The number of carbonyl (C=O) groups is 1. The highest BCUT2D eigenvalue weighted by molar-refractivity contribution is 7.89. The largest absolute Gasteiger partial charge is 0.349 e. The van der Waals surface area contributed by atoms with Gasteiger partial charge in [0.2, 0.25) is 10.0 Å². The predicted octanol–water partition coefficient (Wildman–Crippen LogP) is 3.62. The summed E-state index contributed by atoms with van der Waals surface area (Å²) in [6.07, 6.45) is 9.66. The molecule has 5 nitrogen and oxygen atoms in total.